The molecular formula is C15H22N2O. The Balaban J connectivity index is 1.95. The summed E-state index contributed by atoms with van der Waals surface area (Å²) in [6.45, 7) is 5.11. The summed E-state index contributed by atoms with van der Waals surface area (Å²) in [5, 5.41) is 3.36. The first-order valence-electron chi connectivity index (χ1n) is 6.62. The number of rotatable bonds is 5. The van der Waals surface area contributed by atoms with Crippen molar-refractivity contribution in [2.75, 3.05) is 0 Å². The van der Waals surface area contributed by atoms with Crippen molar-refractivity contribution in [2.45, 2.75) is 38.8 Å². The van der Waals surface area contributed by atoms with Gasteiger partial charge in [0, 0.05) is 6.54 Å². The molecule has 1 aliphatic carbocycles. The maximum absolute atomic E-state index is 11.7. The average Bonchev–Trinajstić information content (AvgIpc) is 2.28. The molecule has 0 radical (unpaired) electrons. The number of nitrogens with two attached hydrogens (primary N) is 1. The van der Waals surface area contributed by atoms with Crippen LogP contribution in [-0.2, 0) is 11.3 Å². The minimum atomic E-state index is -0.481. The van der Waals surface area contributed by atoms with Gasteiger partial charge < -0.3 is 5.73 Å². The lowest BCUT2D eigenvalue weighted by Gasteiger charge is -2.48. The highest BCUT2D eigenvalue weighted by molar-refractivity contribution is 5.85. The maximum Gasteiger partial charge on any atom is 0.237 e. The Kier molecular flexibility index (Phi) is 3.71. The molecule has 0 spiro atoms. The lowest BCUT2D eigenvalue weighted by Crippen LogP contribution is -2.63. The third-order valence-corrected chi connectivity index (χ3v) is 4.11. The van der Waals surface area contributed by atoms with Gasteiger partial charge in [0.25, 0.3) is 0 Å². The first kappa shape index (κ1) is 13.1. The zero-order valence-electron chi connectivity index (χ0n) is 11.1. The molecule has 3 N–H and O–H groups in total. The summed E-state index contributed by atoms with van der Waals surface area (Å²) in [7, 11) is 0. The predicted octanol–water partition coefficient (Wildman–Crippen LogP) is 2.07. The normalized spacial score (nSPS) is 26.9. The molecule has 1 aliphatic rings. The van der Waals surface area contributed by atoms with Gasteiger partial charge in [0.05, 0.1) is 5.54 Å². The van der Waals surface area contributed by atoms with Gasteiger partial charge in [-0.25, -0.2) is 0 Å². The van der Waals surface area contributed by atoms with Crippen LogP contribution in [0.25, 0.3) is 0 Å². The standard InChI is InChI=1S/C15H22N2O/c1-11(2)13-8-15(9-13,14(16)18)17-10-12-6-4-3-5-7-12/h3-7,11,13,17H,8-10H2,1-2H3,(H2,16,18). The molecule has 3 heteroatoms. The summed E-state index contributed by atoms with van der Waals surface area (Å²) in [6, 6.07) is 10.1. The number of amides is 1. The molecule has 1 aromatic rings. The van der Waals surface area contributed by atoms with E-state index < -0.39 is 5.54 Å². The highest BCUT2D eigenvalue weighted by Crippen LogP contribution is 2.42. The predicted molar refractivity (Wildman–Crippen MR) is 72.8 cm³/mol. The third-order valence-electron chi connectivity index (χ3n) is 4.11. The van der Waals surface area contributed by atoms with Crippen molar-refractivity contribution < 1.29 is 4.79 Å². The molecule has 1 aromatic carbocycles. The molecule has 0 atom stereocenters. The zero-order chi connectivity index (χ0) is 13.2. The number of hydrogen-bond donors (Lipinski definition) is 2. The highest BCUT2D eigenvalue weighted by Gasteiger charge is 2.49. The summed E-state index contributed by atoms with van der Waals surface area (Å²) >= 11 is 0. The molecule has 0 heterocycles. The smallest absolute Gasteiger partial charge is 0.237 e. The van der Waals surface area contributed by atoms with Gasteiger partial charge in [-0.3, -0.25) is 10.1 Å². The van der Waals surface area contributed by atoms with Crippen LogP contribution in [0.4, 0.5) is 0 Å². The Hall–Kier alpha value is -1.35. The van der Waals surface area contributed by atoms with Crippen LogP contribution in [0, 0.1) is 11.8 Å². The van der Waals surface area contributed by atoms with Crippen molar-refractivity contribution in [1.29, 1.82) is 0 Å². The van der Waals surface area contributed by atoms with Crippen LogP contribution < -0.4 is 11.1 Å². The fourth-order valence-electron chi connectivity index (χ4n) is 2.61. The summed E-state index contributed by atoms with van der Waals surface area (Å²) in [5.74, 6) is 1.02. The molecule has 3 nitrogen and oxygen atoms in total. The number of benzene rings is 1. The van der Waals surface area contributed by atoms with Crippen molar-refractivity contribution in [2.24, 2.45) is 17.6 Å². The van der Waals surface area contributed by atoms with Crippen LogP contribution in [0.2, 0.25) is 0 Å². The Morgan fingerprint density at radius 2 is 2.00 bits per heavy atom. The van der Waals surface area contributed by atoms with E-state index in [1.807, 2.05) is 18.2 Å². The Labute approximate surface area is 109 Å². The SMILES string of the molecule is CC(C)C1CC(NCc2ccccc2)(C(N)=O)C1. The van der Waals surface area contributed by atoms with E-state index >= 15 is 0 Å². The summed E-state index contributed by atoms with van der Waals surface area (Å²) in [4.78, 5) is 11.7. The molecule has 0 aromatic heterocycles. The quantitative estimate of drug-likeness (QED) is 0.835. The molecule has 0 bridgehead atoms. The van der Waals surface area contributed by atoms with E-state index in [-0.39, 0.29) is 5.91 Å². The fraction of sp³-hybridized carbons (Fsp3) is 0.533. The van der Waals surface area contributed by atoms with Crippen molar-refractivity contribution in [3.05, 3.63) is 35.9 Å². The second kappa shape index (κ2) is 5.11. The summed E-state index contributed by atoms with van der Waals surface area (Å²) in [6.07, 6.45) is 1.74. The summed E-state index contributed by atoms with van der Waals surface area (Å²) < 4.78 is 0. The van der Waals surface area contributed by atoms with Crippen LogP contribution >= 0.6 is 0 Å². The molecule has 98 valence electrons. The van der Waals surface area contributed by atoms with Gasteiger partial charge in [0.1, 0.15) is 0 Å². The van der Waals surface area contributed by atoms with E-state index in [1.165, 1.54) is 5.56 Å². The van der Waals surface area contributed by atoms with Crippen molar-refractivity contribution in [3.8, 4) is 0 Å². The molecule has 2 rings (SSSR count). The van der Waals surface area contributed by atoms with E-state index in [4.69, 9.17) is 5.73 Å². The maximum atomic E-state index is 11.7. The minimum Gasteiger partial charge on any atom is -0.368 e. The van der Waals surface area contributed by atoms with E-state index in [0.717, 1.165) is 12.8 Å². The van der Waals surface area contributed by atoms with Gasteiger partial charge >= 0.3 is 0 Å². The third kappa shape index (κ3) is 2.56. The van der Waals surface area contributed by atoms with Gasteiger partial charge in [0.15, 0.2) is 0 Å². The van der Waals surface area contributed by atoms with Crippen LogP contribution in [0.15, 0.2) is 30.3 Å². The molecule has 1 fully saturated rings. The monoisotopic (exact) mass is 246 g/mol. The van der Waals surface area contributed by atoms with E-state index in [9.17, 15) is 4.79 Å². The largest absolute Gasteiger partial charge is 0.368 e. The number of hydrogen-bond acceptors (Lipinski definition) is 2. The van der Waals surface area contributed by atoms with Crippen molar-refractivity contribution in [1.82, 2.24) is 5.32 Å². The van der Waals surface area contributed by atoms with E-state index in [0.29, 0.717) is 18.4 Å². The Bertz CT molecular complexity index is 408. The molecule has 0 saturated heterocycles. The molecule has 1 saturated carbocycles. The first-order valence-corrected chi connectivity index (χ1v) is 6.62. The Morgan fingerprint density at radius 3 is 2.50 bits per heavy atom. The zero-order valence-corrected chi connectivity index (χ0v) is 11.1. The number of primary amides is 1. The number of carbonyl (C=O) groups excluding carboxylic acids is 1. The lowest BCUT2D eigenvalue weighted by molar-refractivity contribution is -0.131. The second-order valence-corrected chi connectivity index (χ2v) is 5.70. The molecule has 18 heavy (non-hydrogen) atoms. The van der Waals surface area contributed by atoms with Crippen LogP contribution in [0.5, 0.6) is 0 Å². The van der Waals surface area contributed by atoms with Crippen LogP contribution in [0.3, 0.4) is 0 Å². The Morgan fingerprint density at radius 1 is 1.39 bits per heavy atom. The van der Waals surface area contributed by atoms with E-state index in [2.05, 4.69) is 31.3 Å². The topological polar surface area (TPSA) is 55.1 Å². The molecular weight excluding hydrogens is 224 g/mol. The van der Waals surface area contributed by atoms with Crippen molar-refractivity contribution >= 4 is 5.91 Å². The van der Waals surface area contributed by atoms with Gasteiger partial charge in [-0.1, -0.05) is 44.2 Å². The van der Waals surface area contributed by atoms with Gasteiger partial charge in [-0.15, -0.1) is 0 Å². The van der Waals surface area contributed by atoms with Crippen LogP contribution in [-0.4, -0.2) is 11.4 Å². The molecule has 1 amide bonds. The van der Waals surface area contributed by atoms with Gasteiger partial charge in [0.2, 0.25) is 5.91 Å². The van der Waals surface area contributed by atoms with Crippen LogP contribution in [0.1, 0.15) is 32.3 Å². The van der Waals surface area contributed by atoms with Crippen molar-refractivity contribution in [3.63, 3.8) is 0 Å². The van der Waals surface area contributed by atoms with E-state index in [1.54, 1.807) is 0 Å². The molecule has 0 unspecified atom stereocenters. The fourth-order valence-corrected chi connectivity index (χ4v) is 2.61. The number of carbonyl (C=O) groups is 1. The molecule has 0 aliphatic heterocycles. The minimum absolute atomic E-state index is 0.213. The number of nitrogens with one attached hydrogen (secondary N) is 1. The van der Waals surface area contributed by atoms with Gasteiger partial charge in [-0.2, -0.15) is 0 Å². The van der Waals surface area contributed by atoms with Gasteiger partial charge in [-0.05, 0) is 30.2 Å². The average molecular weight is 246 g/mol. The highest BCUT2D eigenvalue weighted by atomic mass is 16.1. The first-order chi connectivity index (χ1) is 8.53. The second-order valence-electron chi connectivity index (χ2n) is 5.70. The lowest BCUT2D eigenvalue weighted by atomic mass is 9.63. The summed E-state index contributed by atoms with van der Waals surface area (Å²) in [5.41, 5.74) is 6.26.